The number of amides is 7. The first kappa shape index (κ1) is 49.4. The molecule has 0 aliphatic carbocycles. The Morgan fingerprint density at radius 3 is 1.82 bits per heavy atom. The molecule has 3 fully saturated rings. The van der Waals surface area contributed by atoms with Crippen LogP contribution in [0.1, 0.15) is 84.0 Å². The Bertz CT molecular complexity index is 1570. The molecule has 3 heterocycles. The molecule has 3 aliphatic heterocycles. The van der Waals surface area contributed by atoms with Gasteiger partial charge in [-0.25, -0.2) is 4.79 Å². The molecule has 23 nitrogen and oxygen atoms in total. The highest BCUT2D eigenvalue weighted by Crippen LogP contribution is 2.23. The summed E-state index contributed by atoms with van der Waals surface area (Å²) >= 11 is 0. The number of carbonyl (C=O) groups is 9. The lowest BCUT2D eigenvalue weighted by Crippen LogP contribution is -2.58. The van der Waals surface area contributed by atoms with Gasteiger partial charge in [0, 0.05) is 38.9 Å². The standard InChI is InChI=1S/C37H62N10O13/c1-20(34(56)45-14-6-9-26(45)32(54)44-25(37(59)60)8-3-5-13-39)42-33(55)28-16-22(49)19-47(28)36(58)24(10-11-30(51)52)43-29(50)17-41-31(53)27-15-21(48)18-46(27)35(57)23(40)7-2-4-12-38/h20-28,48-49H,2-19,38-40H2,1H3,(H,41,53)(H,42,55)(H,43,50)(H,44,54)(H,51,52)(H,59,60)/t20-,21+,22+,23-,24-,25-,26-,27-,28-/m0/s1. The first-order valence-corrected chi connectivity index (χ1v) is 20.5. The highest BCUT2D eigenvalue weighted by Gasteiger charge is 2.44. The number of carboxylic acids is 2. The van der Waals surface area contributed by atoms with Crippen molar-refractivity contribution in [2.45, 2.75) is 138 Å². The number of likely N-dealkylation sites (tertiary alicyclic amines) is 3. The lowest BCUT2D eigenvalue weighted by atomic mass is 10.1. The maximum Gasteiger partial charge on any atom is 0.326 e. The van der Waals surface area contributed by atoms with Crippen LogP contribution in [-0.2, 0) is 43.2 Å². The van der Waals surface area contributed by atoms with Gasteiger partial charge in [0.05, 0.1) is 24.8 Å². The van der Waals surface area contributed by atoms with E-state index in [4.69, 9.17) is 17.2 Å². The van der Waals surface area contributed by atoms with E-state index in [9.17, 15) is 63.6 Å². The number of hydrogen-bond donors (Lipinski definition) is 11. The minimum Gasteiger partial charge on any atom is -0.481 e. The Labute approximate surface area is 347 Å². The molecule has 338 valence electrons. The van der Waals surface area contributed by atoms with Gasteiger partial charge in [0.25, 0.3) is 0 Å². The van der Waals surface area contributed by atoms with Crippen molar-refractivity contribution in [1.82, 2.24) is 36.0 Å². The molecule has 0 radical (unpaired) electrons. The van der Waals surface area contributed by atoms with Gasteiger partial charge in [-0.2, -0.15) is 0 Å². The van der Waals surface area contributed by atoms with E-state index in [0.29, 0.717) is 51.6 Å². The molecule has 3 rings (SSSR count). The normalized spacial score (nSPS) is 23.3. The van der Waals surface area contributed by atoms with Crippen LogP contribution >= 0.6 is 0 Å². The Balaban J connectivity index is 1.64. The molecule has 0 unspecified atom stereocenters. The summed E-state index contributed by atoms with van der Waals surface area (Å²) in [6, 6.07) is -8.37. The third-order valence-electron chi connectivity index (χ3n) is 10.8. The summed E-state index contributed by atoms with van der Waals surface area (Å²) in [7, 11) is 0. The number of nitrogens with two attached hydrogens (primary N) is 3. The molecule has 3 aliphatic rings. The van der Waals surface area contributed by atoms with E-state index in [-0.39, 0.29) is 45.3 Å². The summed E-state index contributed by atoms with van der Waals surface area (Å²) in [6.07, 6.45) is -0.220. The molecular formula is C37H62N10O13. The molecule has 14 N–H and O–H groups in total. The maximum atomic E-state index is 13.9. The van der Waals surface area contributed by atoms with Crippen LogP contribution in [0.5, 0.6) is 0 Å². The highest BCUT2D eigenvalue weighted by molar-refractivity contribution is 5.97. The number of carboxylic acid groups (broad SMARTS) is 2. The van der Waals surface area contributed by atoms with Crippen molar-refractivity contribution in [2.24, 2.45) is 17.2 Å². The molecular weight excluding hydrogens is 792 g/mol. The van der Waals surface area contributed by atoms with Crippen LogP contribution in [0, 0.1) is 0 Å². The maximum absolute atomic E-state index is 13.9. The van der Waals surface area contributed by atoms with E-state index in [1.54, 1.807) is 0 Å². The van der Waals surface area contributed by atoms with E-state index in [1.165, 1.54) is 11.8 Å². The van der Waals surface area contributed by atoms with E-state index in [0.717, 1.165) is 9.80 Å². The molecule has 23 heteroatoms. The van der Waals surface area contributed by atoms with Crippen LogP contribution in [0.25, 0.3) is 0 Å². The molecule has 0 saturated carbocycles. The molecule has 0 aromatic rings. The molecule has 0 spiro atoms. The number of aliphatic hydroxyl groups is 2. The van der Waals surface area contributed by atoms with Crippen molar-refractivity contribution in [2.75, 3.05) is 39.3 Å². The fourth-order valence-corrected chi connectivity index (χ4v) is 7.65. The van der Waals surface area contributed by atoms with Crippen molar-refractivity contribution in [3.63, 3.8) is 0 Å². The topological polar surface area (TPSA) is 370 Å². The Morgan fingerprint density at radius 2 is 1.23 bits per heavy atom. The number of hydrogen-bond acceptors (Lipinski definition) is 14. The molecule has 60 heavy (non-hydrogen) atoms. The van der Waals surface area contributed by atoms with Crippen LogP contribution in [0.2, 0.25) is 0 Å². The predicted molar refractivity (Wildman–Crippen MR) is 210 cm³/mol. The number of unbranched alkanes of at least 4 members (excludes halogenated alkanes) is 2. The van der Waals surface area contributed by atoms with Crippen molar-refractivity contribution < 1.29 is 63.6 Å². The molecule has 3 saturated heterocycles. The summed E-state index contributed by atoms with van der Waals surface area (Å²) in [5.74, 6) is -7.85. The molecule has 7 amide bonds. The van der Waals surface area contributed by atoms with Gasteiger partial charge in [-0.1, -0.05) is 6.42 Å². The van der Waals surface area contributed by atoms with Crippen molar-refractivity contribution in [3.05, 3.63) is 0 Å². The molecule has 9 atom stereocenters. The van der Waals surface area contributed by atoms with Gasteiger partial charge in [-0.05, 0) is 71.4 Å². The average Bonchev–Trinajstić information content (AvgIpc) is 3.95. The monoisotopic (exact) mass is 854 g/mol. The minimum atomic E-state index is -1.53. The largest absolute Gasteiger partial charge is 0.481 e. The van der Waals surface area contributed by atoms with E-state index < -0.39 is 127 Å². The summed E-state index contributed by atoms with van der Waals surface area (Å²) in [4.78, 5) is 120. The van der Waals surface area contributed by atoms with E-state index >= 15 is 0 Å². The van der Waals surface area contributed by atoms with Crippen LogP contribution in [0.3, 0.4) is 0 Å². The number of nitrogens with one attached hydrogen (secondary N) is 4. The van der Waals surface area contributed by atoms with Gasteiger partial charge in [0.2, 0.25) is 41.4 Å². The van der Waals surface area contributed by atoms with Gasteiger partial charge in [-0.15, -0.1) is 0 Å². The summed E-state index contributed by atoms with van der Waals surface area (Å²) < 4.78 is 0. The lowest BCUT2D eigenvalue weighted by molar-refractivity contribution is -0.145. The first-order chi connectivity index (χ1) is 28.4. The van der Waals surface area contributed by atoms with Crippen LogP contribution in [0.15, 0.2) is 0 Å². The summed E-state index contributed by atoms with van der Waals surface area (Å²) in [5, 5.41) is 49.5. The quantitative estimate of drug-likeness (QED) is 0.0429. The van der Waals surface area contributed by atoms with Gasteiger partial charge in [-0.3, -0.25) is 38.4 Å². The van der Waals surface area contributed by atoms with Crippen molar-refractivity contribution >= 4 is 53.3 Å². The smallest absolute Gasteiger partial charge is 0.326 e. The number of rotatable bonds is 23. The van der Waals surface area contributed by atoms with Gasteiger partial charge < -0.3 is 73.6 Å². The number of aliphatic hydroxyl groups excluding tert-OH is 2. The van der Waals surface area contributed by atoms with Crippen LogP contribution in [-0.4, -0.2) is 182 Å². The third-order valence-corrected chi connectivity index (χ3v) is 10.8. The number of β-amino-alcohol motifs (C(OH)–C–C–N with tert-alkyl or cyclic N) is 2. The third kappa shape index (κ3) is 14.1. The highest BCUT2D eigenvalue weighted by atomic mass is 16.4. The fourth-order valence-electron chi connectivity index (χ4n) is 7.65. The van der Waals surface area contributed by atoms with Crippen molar-refractivity contribution in [3.8, 4) is 0 Å². The van der Waals surface area contributed by atoms with Gasteiger partial charge in [0.15, 0.2) is 0 Å². The average molecular weight is 855 g/mol. The molecule has 0 bridgehead atoms. The van der Waals surface area contributed by atoms with Gasteiger partial charge in [0.1, 0.15) is 36.3 Å². The molecule has 0 aromatic heterocycles. The zero-order chi connectivity index (χ0) is 44.7. The minimum absolute atomic E-state index is 0.115. The zero-order valence-corrected chi connectivity index (χ0v) is 34.0. The number of carbonyl (C=O) groups excluding carboxylic acids is 7. The number of nitrogens with zero attached hydrogens (tertiary/aromatic N) is 3. The van der Waals surface area contributed by atoms with Crippen LogP contribution < -0.4 is 38.5 Å². The van der Waals surface area contributed by atoms with Gasteiger partial charge >= 0.3 is 11.9 Å². The lowest BCUT2D eigenvalue weighted by Gasteiger charge is -2.31. The first-order valence-electron chi connectivity index (χ1n) is 20.5. The van der Waals surface area contributed by atoms with E-state index in [2.05, 4.69) is 21.3 Å². The van der Waals surface area contributed by atoms with E-state index in [1.807, 2.05) is 0 Å². The second-order valence-electron chi connectivity index (χ2n) is 15.6. The zero-order valence-electron chi connectivity index (χ0n) is 34.0. The predicted octanol–water partition coefficient (Wildman–Crippen LogP) is -4.97. The Hall–Kier alpha value is -4.97. The summed E-state index contributed by atoms with van der Waals surface area (Å²) in [5.41, 5.74) is 17.0. The summed E-state index contributed by atoms with van der Waals surface area (Å²) in [6.45, 7) is 1.06. The molecule has 0 aromatic carbocycles. The Morgan fingerprint density at radius 1 is 0.667 bits per heavy atom. The van der Waals surface area contributed by atoms with Crippen molar-refractivity contribution in [1.29, 1.82) is 0 Å². The fraction of sp³-hybridized carbons (Fsp3) is 0.757. The number of aliphatic carboxylic acids is 2. The second-order valence-corrected chi connectivity index (χ2v) is 15.6. The SMILES string of the molecule is C[C@H](NC(=O)[C@@H]1C[C@@H](O)CN1C(=O)[C@H](CCC(=O)O)NC(=O)CNC(=O)[C@@H]1C[C@@H](O)CN1C(=O)[C@@H](N)CCCCN)C(=O)N1CCC[C@H]1C(=O)N[C@@H](CCCCN)C(=O)O. The van der Waals surface area contributed by atoms with Crippen LogP contribution in [0.4, 0.5) is 0 Å². The second kappa shape index (κ2) is 23.7. The Kier molecular flexibility index (Phi) is 19.5.